The van der Waals surface area contributed by atoms with Gasteiger partial charge in [0.15, 0.2) is 0 Å². The van der Waals surface area contributed by atoms with E-state index >= 15 is 0 Å². The number of pyridine rings is 1. The zero-order valence-corrected chi connectivity index (χ0v) is 14.5. The largest absolute Gasteiger partial charge is 0.339 e. The van der Waals surface area contributed by atoms with E-state index in [4.69, 9.17) is 0 Å². The molecule has 1 aromatic heterocycles. The molecule has 1 aromatic carbocycles. The molecule has 0 fully saturated rings. The fraction of sp³-hybridized carbons (Fsp3) is 0.474. The van der Waals surface area contributed by atoms with Crippen molar-refractivity contribution in [1.29, 1.82) is 0 Å². The highest BCUT2D eigenvalue weighted by atomic mass is 16.2. The third-order valence-corrected chi connectivity index (χ3v) is 4.12. The van der Waals surface area contributed by atoms with Gasteiger partial charge in [-0.1, -0.05) is 25.5 Å². The number of carbonyl (C=O) groups is 1. The molecule has 1 amide bonds. The Balaban J connectivity index is 2.44. The van der Waals surface area contributed by atoms with Crippen molar-refractivity contribution >= 4 is 16.8 Å². The number of rotatable bonds is 4. The molecule has 1 atom stereocenters. The summed E-state index contributed by atoms with van der Waals surface area (Å²) < 4.78 is 0. The van der Waals surface area contributed by atoms with Crippen LogP contribution in [0.15, 0.2) is 24.3 Å². The third-order valence-electron chi connectivity index (χ3n) is 4.12. The molecule has 1 heterocycles. The Morgan fingerprint density at radius 3 is 2.50 bits per heavy atom. The number of aromatic nitrogens is 1. The molecule has 0 saturated heterocycles. The summed E-state index contributed by atoms with van der Waals surface area (Å²) in [6.45, 7) is 10.5. The Kier molecular flexibility index (Phi) is 4.84. The van der Waals surface area contributed by atoms with Crippen LogP contribution in [-0.4, -0.2) is 28.9 Å². The molecule has 0 N–H and O–H groups in total. The number of hydrogen-bond donors (Lipinski definition) is 0. The number of fused-ring (bicyclic) bond motifs is 1. The van der Waals surface area contributed by atoms with Crippen molar-refractivity contribution in [3.63, 3.8) is 0 Å². The van der Waals surface area contributed by atoms with Gasteiger partial charge in [-0.25, -0.2) is 0 Å². The first kappa shape index (κ1) is 16.5. The van der Waals surface area contributed by atoms with Gasteiger partial charge in [-0.15, -0.1) is 0 Å². The third kappa shape index (κ3) is 3.46. The maximum atomic E-state index is 12.9. The van der Waals surface area contributed by atoms with Gasteiger partial charge in [0, 0.05) is 24.2 Å². The minimum Gasteiger partial charge on any atom is -0.339 e. The first-order valence-electron chi connectivity index (χ1n) is 7.94. The highest BCUT2D eigenvalue weighted by molar-refractivity contribution is 6.06. The molecule has 118 valence electrons. The Labute approximate surface area is 133 Å². The summed E-state index contributed by atoms with van der Waals surface area (Å²) in [6.07, 6.45) is 1.00. The fourth-order valence-electron chi connectivity index (χ4n) is 2.88. The molecule has 0 bridgehead atoms. The molecule has 0 spiro atoms. The van der Waals surface area contributed by atoms with Crippen LogP contribution >= 0.6 is 0 Å². The zero-order valence-electron chi connectivity index (χ0n) is 14.5. The van der Waals surface area contributed by atoms with Crippen LogP contribution in [0.2, 0.25) is 0 Å². The van der Waals surface area contributed by atoms with Crippen molar-refractivity contribution in [1.82, 2.24) is 9.88 Å². The van der Waals surface area contributed by atoms with Crippen molar-refractivity contribution in [3.8, 4) is 0 Å². The van der Waals surface area contributed by atoms with Gasteiger partial charge in [0.05, 0.1) is 11.1 Å². The molecule has 0 aliphatic carbocycles. The summed E-state index contributed by atoms with van der Waals surface area (Å²) in [5.41, 5.74) is 3.66. The number of carbonyl (C=O) groups excluding carboxylic acids is 1. The molecule has 2 rings (SSSR count). The molecule has 0 aliphatic rings. The molecular weight excluding hydrogens is 272 g/mol. The van der Waals surface area contributed by atoms with Crippen molar-refractivity contribution in [3.05, 3.63) is 41.1 Å². The number of benzene rings is 1. The minimum atomic E-state index is 0.0780. The lowest BCUT2D eigenvalue weighted by atomic mass is 10.0. The molecule has 1 unspecified atom stereocenters. The van der Waals surface area contributed by atoms with Gasteiger partial charge in [0.25, 0.3) is 5.91 Å². The van der Waals surface area contributed by atoms with Crippen molar-refractivity contribution in [2.75, 3.05) is 7.05 Å². The molecule has 2 aromatic rings. The van der Waals surface area contributed by atoms with Gasteiger partial charge < -0.3 is 4.90 Å². The zero-order chi connectivity index (χ0) is 16.4. The summed E-state index contributed by atoms with van der Waals surface area (Å²) in [5, 5.41) is 0.944. The Morgan fingerprint density at radius 2 is 1.86 bits per heavy atom. The average molecular weight is 298 g/mol. The normalized spacial score (nSPS) is 12.7. The second-order valence-electron chi connectivity index (χ2n) is 6.73. The van der Waals surface area contributed by atoms with Crippen LogP contribution in [-0.2, 0) is 0 Å². The van der Waals surface area contributed by atoms with E-state index in [2.05, 4.69) is 31.8 Å². The van der Waals surface area contributed by atoms with E-state index in [1.165, 1.54) is 0 Å². The van der Waals surface area contributed by atoms with Crippen LogP contribution < -0.4 is 0 Å². The predicted octanol–water partition coefficient (Wildman–Crippen LogP) is 4.36. The number of aryl methyl sites for hydroxylation is 2. The summed E-state index contributed by atoms with van der Waals surface area (Å²) in [5.74, 6) is 0.651. The molecule has 3 nitrogen and oxygen atoms in total. The van der Waals surface area contributed by atoms with Gasteiger partial charge in [0.2, 0.25) is 0 Å². The van der Waals surface area contributed by atoms with Crippen LogP contribution in [0, 0.1) is 19.8 Å². The lowest BCUT2D eigenvalue weighted by molar-refractivity contribution is 0.0730. The molecular formula is C19H26N2O. The lowest BCUT2D eigenvalue weighted by Crippen LogP contribution is -2.36. The molecule has 0 saturated carbocycles. The maximum Gasteiger partial charge on any atom is 0.254 e. The molecule has 0 aliphatic heterocycles. The highest BCUT2D eigenvalue weighted by Gasteiger charge is 2.21. The second-order valence-corrected chi connectivity index (χ2v) is 6.73. The number of hydrogen-bond acceptors (Lipinski definition) is 2. The maximum absolute atomic E-state index is 12.9. The van der Waals surface area contributed by atoms with Gasteiger partial charge in [-0.2, -0.15) is 0 Å². The van der Waals surface area contributed by atoms with Gasteiger partial charge >= 0.3 is 0 Å². The van der Waals surface area contributed by atoms with E-state index in [1.54, 1.807) is 0 Å². The predicted molar refractivity (Wildman–Crippen MR) is 92.2 cm³/mol. The monoisotopic (exact) mass is 298 g/mol. The number of amides is 1. The summed E-state index contributed by atoms with van der Waals surface area (Å²) >= 11 is 0. The highest BCUT2D eigenvalue weighted by Crippen LogP contribution is 2.22. The van der Waals surface area contributed by atoms with Gasteiger partial charge in [0.1, 0.15) is 0 Å². The fourth-order valence-corrected chi connectivity index (χ4v) is 2.88. The minimum absolute atomic E-state index is 0.0780. The standard InChI is InChI=1S/C19H26N2O/c1-12(2)9-15(5)21(6)19(22)17-11-14(4)20-18-8-7-13(3)10-16(17)18/h7-8,10-12,15H,9H2,1-6H3. The van der Waals surface area contributed by atoms with Crippen molar-refractivity contribution in [2.24, 2.45) is 5.92 Å². The lowest BCUT2D eigenvalue weighted by Gasteiger charge is -2.27. The van der Waals surface area contributed by atoms with Crippen LogP contribution in [0.25, 0.3) is 10.9 Å². The van der Waals surface area contributed by atoms with Gasteiger partial charge in [-0.05, 0) is 51.3 Å². The van der Waals surface area contributed by atoms with Crippen molar-refractivity contribution < 1.29 is 4.79 Å². The van der Waals surface area contributed by atoms with Gasteiger partial charge in [-0.3, -0.25) is 9.78 Å². The van der Waals surface area contributed by atoms with E-state index in [0.717, 1.165) is 34.1 Å². The smallest absolute Gasteiger partial charge is 0.254 e. The molecule has 0 radical (unpaired) electrons. The van der Waals surface area contributed by atoms with Crippen LogP contribution in [0.5, 0.6) is 0 Å². The first-order chi connectivity index (χ1) is 10.3. The summed E-state index contributed by atoms with van der Waals surface area (Å²) in [6, 6.07) is 8.21. The van der Waals surface area contributed by atoms with E-state index in [9.17, 15) is 4.79 Å². The van der Waals surface area contributed by atoms with Crippen LogP contribution in [0.4, 0.5) is 0 Å². The van der Waals surface area contributed by atoms with Crippen molar-refractivity contribution in [2.45, 2.75) is 47.1 Å². The van der Waals surface area contributed by atoms with Crippen LogP contribution in [0.3, 0.4) is 0 Å². The van der Waals surface area contributed by atoms with E-state index < -0.39 is 0 Å². The first-order valence-corrected chi connectivity index (χ1v) is 7.94. The van der Waals surface area contributed by atoms with E-state index in [-0.39, 0.29) is 11.9 Å². The summed E-state index contributed by atoms with van der Waals surface area (Å²) in [4.78, 5) is 19.3. The van der Waals surface area contributed by atoms with E-state index in [1.807, 2.05) is 44.0 Å². The molecule has 22 heavy (non-hydrogen) atoms. The summed E-state index contributed by atoms with van der Waals surface area (Å²) in [7, 11) is 1.90. The topological polar surface area (TPSA) is 33.2 Å². The van der Waals surface area contributed by atoms with E-state index in [0.29, 0.717) is 5.92 Å². The SMILES string of the molecule is Cc1ccc2nc(C)cc(C(=O)N(C)C(C)CC(C)C)c2c1. The average Bonchev–Trinajstić information content (AvgIpc) is 2.44. The number of nitrogens with zero attached hydrogens (tertiary/aromatic N) is 2. The Bertz CT molecular complexity index is 691. The molecule has 3 heteroatoms. The Morgan fingerprint density at radius 1 is 1.18 bits per heavy atom. The van der Waals surface area contributed by atoms with Crippen LogP contribution in [0.1, 0.15) is 48.8 Å². The Hall–Kier alpha value is -1.90. The quantitative estimate of drug-likeness (QED) is 0.840. The second kappa shape index (κ2) is 6.47.